The molecule has 1 aliphatic carbocycles. The molecule has 23 heavy (non-hydrogen) atoms. The molecule has 0 saturated heterocycles. The summed E-state index contributed by atoms with van der Waals surface area (Å²) in [7, 11) is 0. The van der Waals surface area contributed by atoms with Crippen molar-refractivity contribution in [2.24, 2.45) is 5.73 Å². The molecule has 3 N–H and O–H groups in total. The third kappa shape index (κ3) is 3.54. The molecule has 0 unspecified atom stereocenters. The van der Waals surface area contributed by atoms with Gasteiger partial charge in [0.25, 0.3) is 11.7 Å². The van der Waals surface area contributed by atoms with E-state index in [0.29, 0.717) is 0 Å². The fourth-order valence-corrected chi connectivity index (χ4v) is 2.42. The zero-order chi connectivity index (χ0) is 17.4. The van der Waals surface area contributed by atoms with Crippen LogP contribution >= 0.6 is 0 Å². The summed E-state index contributed by atoms with van der Waals surface area (Å²) >= 11 is 0. The van der Waals surface area contributed by atoms with E-state index in [1.807, 2.05) is 0 Å². The molecule has 0 spiro atoms. The summed E-state index contributed by atoms with van der Waals surface area (Å²) in [5.74, 6) is -2.05. The van der Waals surface area contributed by atoms with Gasteiger partial charge in [-0.25, -0.2) is 13.2 Å². The second-order valence-electron chi connectivity index (χ2n) is 5.63. The number of nitrogens with two attached hydrogens (primary N) is 1. The lowest BCUT2D eigenvalue weighted by molar-refractivity contribution is -0.385. The van der Waals surface area contributed by atoms with Gasteiger partial charge < -0.3 is 10.5 Å². The van der Waals surface area contributed by atoms with E-state index in [-0.39, 0.29) is 18.4 Å². The van der Waals surface area contributed by atoms with Crippen LogP contribution in [0.5, 0.6) is 0 Å². The molecule has 9 heteroatoms. The second-order valence-corrected chi connectivity index (χ2v) is 5.63. The minimum absolute atomic E-state index is 0.0511. The summed E-state index contributed by atoms with van der Waals surface area (Å²) in [5, 5.41) is 17.8. The van der Waals surface area contributed by atoms with Crippen molar-refractivity contribution in [2.75, 3.05) is 0 Å². The number of nitro benzene ring substituents is 1. The number of non-ortho nitro benzene ring substituents is 1. The minimum Gasteiger partial charge on any atom is -0.456 e. The number of hydrogen-bond donors (Lipinski definition) is 2. The van der Waals surface area contributed by atoms with Crippen molar-refractivity contribution in [1.29, 1.82) is 5.41 Å². The zero-order valence-electron chi connectivity index (χ0n) is 12.3. The number of nitrogens with zero attached hydrogens (tertiary/aromatic N) is 1. The summed E-state index contributed by atoms with van der Waals surface area (Å²) in [4.78, 5) is 10.0. The van der Waals surface area contributed by atoms with E-state index in [9.17, 15) is 23.3 Å². The van der Waals surface area contributed by atoms with E-state index >= 15 is 0 Å². The molecule has 1 saturated carbocycles. The van der Waals surface area contributed by atoms with Crippen molar-refractivity contribution >= 4 is 11.7 Å². The van der Waals surface area contributed by atoms with Crippen molar-refractivity contribution in [3.05, 3.63) is 39.7 Å². The fraction of sp³-hybridized carbons (Fsp3) is 0.500. The first-order chi connectivity index (χ1) is 10.7. The summed E-state index contributed by atoms with van der Waals surface area (Å²) < 4.78 is 47.6. The molecule has 0 heterocycles. The number of ether oxygens (including phenoxy) is 1. The van der Waals surface area contributed by atoms with Gasteiger partial charge in [-0.3, -0.25) is 15.5 Å². The molecule has 0 amide bonds. The molecule has 1 aliphatic rings. The molecule has 0 radical (unpaired) electrons. The number of benzene rings is 1. The molecule has 0 aliphatic heterocycles. The molecule has 2 rings (SSSR count). The maximum Gasteiger partial charge on any atom is 0.279 e. The van der Waals surface area contributed by atoms with Gasteiger partial charge in [0.1, 0.15) is 12.0 Å². The summed E-state index contributed by atoms with van der Waals surface area (Å²) in [5.41, 5.74) is 2.44. The van der Waals surface area contributed by atoms with Crippen molar-refractivity contribution in [3.63, 3.8) is 0 Å². The number of hydrogen-bond acceptors (Lipinski definition) is 4. The lowest BCUT2D eigenvalue weighted by atomic mass is 9.90. The Morgan fingerprint density at radius 3 is 2.61 bits per heavy atom. The highest BCUT2D eigenvalue weighted by Crippen LogP contribution is 2.48. The third-order valence-corrected chi connectivity index (χ3v) is 3.94. The van der Waals surface area contributed by atoms with Gasteiger partial charge in [0.15, 0.2) is 11.8 Å². The third-order valence-electron chi connectivity index (χ3n) is 3.94. The van der Waals surface area contributed by atoms with Crippen LogP contribution in [0.1, 0.15) is 31.2 Å². The topological polar surface area (TPSA) is 102 Å². The highest BCUT2D eigenvalue weighted by Gasteiger charge is 2.57. The minimum atomic E-state index is -2.03. The van der Waals surface area contributed by atoms with Gasteiger partial charge in [-0.1, -0.05) is 6.92 Å². The largest absolute Gasteiger partial charge is 0.456 e. The number of amidine groups is 1. The number of alkyl halides is 2. The highest BCUT2D eigenvalue weighted by molar-refractivity contribution is 5.68. The maximum atomic E-state index is 14.7. The quantitative estimate of drug-likeness (QED) is 0.362. The van der Waals surface area contributed by atoms with Gasteiger partial charge in [0.05, 0.1) is 4.92 Å². The molecule has 1 aromatic rings. The van der Waals surface area contributed by atoms with Crippen LogP contribution in [0.25, 0.3) is 0 Å². The average molecular weight is 331 g/mol. The Bertz CT molecular complexity index is 637. The van der Waals surface area contributed by atoms with E-state index in [1.165, 1.54) is 6.92 Å². The van der Waals surface area contributed by atoms with Crippen LogP contribution in [0.15, 0.2) is 18.2 Å². The van der Waals surface area contributed by atoms with Crippen LogP contribution in [-0.4, -0.2) is 28.9 Å². The second kappa shape index (κ2) is 6.05. The predicted octanol–water partition coefficient (Wildman–Crippen LogP) is 2.96. The van der Waals surface area contributed by atoms with Crippen molar-refractivity contribution < 1.29 is 22.8 Å². The smallest absolute Gasteiger partial charge is 0.279 e. The van der Waals surface area contributed by atoms with Crippen molar-refractivity contribution in [1.82, 2.24) is 0 Å². The molecule has 1 fully saturated rings. The Balaban J connectivity index is 2.30. The molecule has 0 bridgehead atoms. The molecular weight excluding hydrogens is 315 g/mol. The normalized spacial score (nSPS) is 19.5. The SMILES string of the molecule is C[C@@H](c1cc([N+](=O)[O-])ccc1F)[C@@H](F)[C@H](OC(=N)N)C1(F)CC1. The number of halogens is 3. The maximum absolute atomic E-state index is 14.7. The Hall–Kier alpha value is -2.32. The number of rotatable bonds is 6. The van der Waals surface area contributed by atoms with Gasteiger partial charge in [0.2, 0.25) is 0 Å². The number of nitro groups is 1. The first-order valence-electron chi connectivity index (χ1n) is 6.93. The van der Waals surface area contributed by atoms with E-state index < -0.39 is 46.3 Å². The average Bonchev–Trinajstić information content (AvgIpc) is 3.22. The highest BCUT2D eigenvalue weighted by atomic mass is 19.2. The van der Waals surface area contributed by atoms with Crippen molar-refractivity contribution in [2.45, 2.75) is 43.6 Å². The summed E-state index contributed by atoms with van der Waals surface area (Å²) in [6.45, 7) is 1.27. The standard InChI is InChI=1S/C14H16F3N3O3/c1-7(9-6-8(20(21)22)2-3-10(9)15)11(16)12(23-13(18)19)14(17)4-5-14/h2-3,6-7,11-12H,4-5H2,1H3,(H3,18,19)/t7-,11+,12-/m0/s1. The Kier molecular flexibility index (Phi) is 4.49. The van der Waals surface area contributed by atoms with Gasteiger partial charge in [-0.2, -0.15) is 0 Å². The molecule has 126 valence electrons. The van der Waals surface area contributed by atoms with Crippen LogP contribution < -0.4 is 5.73 Å². The Labute approximate surface area is 130 Å². The Morgan fingerprint density at radius 2 is 2.13 bits per heavy atom. The molecule has 1 aromatic carbocycles. The lowest BCUT2D eigenvalue weighted by Gasteiger charge is -2.28. The molecule has 0 aromatic heterocycles. The van der Waals surface area contributed by atoms with Gasteiger partial charge in [0, 0.05) is 23.6 Å². The monoisotopic (exact) mass is 331 g/mol. The van der Waals surface area contributed by atoms with Crippen LogP contribution in [0, 0.1) is 21.3 Å². The molecule has 6 nitrogen and oxygen atoms in total. The van der Waals surface area contributed by atoms with Gasteiger partial charge in [-0.15, -0.1) is 0 Å². The van der Waals surface area contributed by atoms with Crippen LogP contribution in [0.4, 0.5) is 18.9 Å². The van der Waals surface area contributed by atoms with Gasteiger partial charge >= 0.3 is 0 Å². The van der Waals surface area contributed by atoms with Crippen LogP contribution in [-0.2, 0) is 4.74 Å². The van der Waals surface area contributed by atoms with Crippen LogP contribution in [0.2, 0.25) is 0 Å². The van der Waals surface area contributed by atoms with Crippen LogP contribution in [0.3, 0.4) is 0 Å². The lowest BCUT2D eigenvalue weighted by Crippen LogP contribution is -2.42. The zero-order valence-corrected chi connectivity index (χ0v) is 12.3. The predicted molar refractivity (Wildman–Crippen MR) is 76.2 cm³/mol. The van der Waals surface area contributed by atoms with E-state index in [1.54, 1.807) is 0 Å². The first kappa shape index (κ1) is 17.0. The van der Waals surface area contributed by atoms with E-state index in [0.717, 1.165) is 18.2 Å². The van der Waals surface area contributed by atoms with E-state index in [4.69, 9.17) is 15.9 Å². The van der Waals surface area contributed by atoms with E-state index in [2.05, 4.69) is 0 Å². The fourth-order valence-electron chi connectivity index (χ4n) is 2.42. The Morgan fingerprint density at radius 1 is 1.52 bits per heavy atom. The summed E-state index contributed by atoms with van der Waals surface area (Å²) in [6.07, 6.45) is -3.58. The molecule has 3 atom stereocenters. The van der Waals surface area contributed by atoms with Gasteiger partial charge in [-0.05, 0) is 18.9 Å². The summed E-state index contributed by atoms with van der Waals surface area (Å²) in [6, 6.07) is 1.89. The van der Waals surface area contributed by atoms with Crippen molar-refractivity contribution in [3.8, 4) is 0 Å². The first-order valence-corrected chi connectivity index (χ1v) is 6.93. The number of nitrogens with one attached hydrogen (secondary N) is 1. The molecular formula is C14H16F3N3O3.